The van der Waals surface area contributed by atoms with Gasteiger partial charge in [-0.15, -0.1) is 0 Å². The molecule has 1 nitrogen and oxygen atoms in total. The number of ketones is 1. The van der Waals surface area contributed by atoms with E-state index >= 15 is 0 Å². The minimum atomic E-state index is -0.296. The number of carbonyl (C=O) groups excluding carboxylic acids is 1. The molecule has 2 heteroatoms. The summed E-state index contributed by atoms with van der Waals surface area (Å²) in [5.41, 5.74) is 1.08. The number of hydrogen-bond donors (Lipinski definition) is 0. The van der Waals surface area contributed by atoms with E-state index in [0.717, 1.165) is 12.8 Å². The van der Waals surface area contributed by atoms with Crippen LogP contribution in [0, 0.1) is 18.7 Å². The van der Waals surface area contributed by atoms with Crippen molar-refractivity contribution in [3.05, 3.63) is 35.1 Å². The third-order valence-corrected chi connectivity index (χ3v) is 3.12. The lowest BCUT2D eigenvalue weighted by Gasteiger charge is -2.11. The summed E-state index contributed by atoms with van der Waals surface area (Å²) in [6.45, 7) is 5.86. The van der Waals surface area contributed by atoms with E-state index in [9.17, 15) is 9.18 Å². The Hall–Kier alpha value is -1.18. The molecular formula is C14H19FO. The molecule has 0 saturated heterocycles. The highest BCUT2D eigenvalue weighted by molar-refractivity contribution is 5.96. The second-order valence-corrected chi connectivity index (χ2v) is 4.27. The highest BCUT2D eigenvalue weighted by Crippen LogP contribution is 2.17. The third kappa shape index (κ3) is 3.16. The van der Waals surface area contributed by atoms with Gasteiger partial charge in [0.05, 0.1) is 0 Å². The largest absolute Gasteiger partial charge is 0.294 e. The van der Waals surface area contributed by atoms with Gasteiger partial charge in [-0.05, 0) is 24.5 Å². The van der Waals surface area contributed by atoms with Crippen LogP contribution in [0.4, 0.5) is 4.39 Å². The SMILES string of the molecule is CCC(CC)CC(=O)c1ccc(C)c(F)c1. The molecule has 0 aliphatic rings. The Morgan fingerprint density at radius 1 is 1.31 bits per heavy atom. The smallest absolute Gasteiger partial charge is 0.163 e. The van der Waals surface area contributed by atoms with Crippen molar-refractivity contribution in [2.75, 3.05) is 0 Å². The number of carbonyl (C=O) groups is 1. The fraction of sp³-hybridized carbons (Fsp3) is 0.500. The maximum absolute atomic E-state index is 13.3. The average molecular weight is 222 g/mol. The van der Waals surface area contributed by atoms with E-state index in [-0.39, 0.29) is 11.6 Å². The lowest BCUT2D eigenvalue weighted by molar-refractivity contribution is 0.0958. The van der Waals surface area contributed by atoms with Gasteiger partial charge in [-0.25, -0.2) is 4.39 Å². The number of benzene rings is 1. The van der Waals surface area contributed by atoms with Crippen LogP contribution in [0.5, 0.6) is 0 Å². The molecule has 0 aromatic heterocycles. The zero-order valence-corrected chi connectivity index (χ0v) is 10.2. The van der Waals surface area contributed by atoms with E-state index in [1.807, 2.05) is 0 Å². The summed E-state index contributed by atoms with van der Waals surface area (Å²) in [4.78, 5) is 11.9. The van der Waals surface area contributed by atoms with Gasteiger partial charge in [0.1, 0.15) is 5.82 Å². The molecule has 16 heavy (non-hydrogen) atoms. The van der Waals surface area contributed by atoms with E-state index in [0.29, 0.717) is 23.5 Å². The number of rotatable bonds is 5. The van der Waals surface area contributed by atoms with Gasteiger partial charge in [-0.1, -0.05) is 38.8 Å². The topological polar surface area (TPSA) is 17.1 Å². The molecule has 1 rings (SSSR count). The first-order valence-electron chi connectivity index (χ1n) is 5.87. The first kappa shape index (κ1) is 12.9. The fourth-order valence-electron chi connectivity index (χ4n) is 1.72. The van der Waals surface area contributed by atoms with Gasteiger partial charge in [0.2, 0.25) is 0 Å². The Balaban J connectivity index is 2.76. The number of aryl methyl sites for hydroxylation is 1. The molecule has 0 heterocycles. The van der Waals surface area contributed by atoms with E-state index in [1.165, 1.54) is 6.07 Å². The maximum atomic E-state index is 13.3. The summed E-state index contributed by atoms with van der Waals surface area (Å²) < 4.78 is 13.3. The second kappa shape index (κ2) is 5.78. The van der Waals surface area contributed by atoms with Gasteiger partial charge >= 0.3 is 0 Å². The monoisotopic (exact) mass is 222 g/mol. The lowest BCUT2D eigenvalue weighted by Crippen LogP contribution is -2.08. The number of halogens is 1. The Kier molecular flexibility index (Phi) is 4.66. The van der Waals surface area contributed by atoms with Gasteiger partial charge in [-0.3, -0.25) is 4.79 Å². The minimum absolute atomic E-state index is 0.0487. The van der Waals surface area contributed by atoms with Crippen LogP contribution in [0.1, 0.15) is 49.0 Å². The molecule has 0 aliphatic heterocycles. The second-order valence-electron chi connectivity index (χ2n) is 4.27. The van der Waals surface area contributed by atoms with Crippen LogP contribution >= 0.6 is 0 Å². The van der Waals surface area contributed by atoms with Crippen molar-refractivity contribution in [3.63, 3.8) is 0 Å². The van der Waals surface area contributed by atoms with Crippen molar-refractivity contribution >= 4 is 5.78 Å². The Labute approximate surface area is 96.7 Å². The van der Waals surface area contributed by atoms with Gasteiger partial charge in [0, 0.05) is 12.0 Å². The lowest BCUT2D eigenvalue weighted by atomic mass is 9.94. The quantitative estimate of drug-likeness (QED) is 0.684. The summed E-state index contributed by atoms with van der Waals surface area (Å²) in [6, 6.07) is 4.72. The van der Waals surface area contributed by atoms with Crippen LogP contribution in [-0.4, -0.2) is 5.78 Å². The highest BCUT2D eigenvalue weighted by Gasteiger charge is 2.13. The van der Waals surface area contributed by atoms with Crippen molar-refractivity contribution in [3.8, 4) is 0 Å². The molecule has 1 aromatic carbocycles. The van der Waals surface area contributed by atoms with E-state index in [2.05, 4.69) is 13.8 Å². The molecule has 0 atom stereocenters. The summed E-state index contributed by atoms with van der Waals surface area (Å²) in [7, 11) is 0. The molecular weight excluding hydrogens is 203 g/mol. The van der Waals surface area contributed by atoms with Crippen LogP contribution in [-0.2, 0) is 0 Å². The summed E-state index contributed by atoms with van der Waals surface area (Å²) >= 11 is 0. The van der Waals surface area contributed by atoms with Crippen molar-refractivity contribution in [1.29, 1.82) is 0 Å². The van der Waals surface area contributed by atoms with Crippen LogP contribution in [0.3, 0.4) is 0 Å². The summed E-state index contributed by atoms with van der Waals surface area (Å²) in [6.07, 6.45) is 2.52. The normalized spacial score (nSPS) is 10.8. The predicted molar refractivity (Wildman–Crippen MR) is 64.2 cm³/mol. The Morgan fingerprint density at radius 2 is 1.94 bits per heavy atom. The summed E-state index contributed by atoms with van der Waals surface area (Å²) in [5.74, 6) is 0.167. The molecule has 0 N–H and O–H groups in total. The zero-order valence-electron chi connectivity index (χ0n) is 10.2. The molecule has 0 saturated carbocycles. The maximum Gasteiger partial charge on any atom is 0.163 e. The first-order chi connectivity index (χ1) is 7.58. The first-order valence-corrected chi connectivity index (χ1v) is 5.87. The van der Waals surface area contributed by atoms with Gasteiger partial charge in [0.25, 0.3) is 0 Å². The van der Waals surface area contributed by atoms with Crippen molar-refractivity contribution in [1.82, 2.24) is 0 Å². The molecule has 88 valence electrons. The standard InChI is InChI=1S/C14H19FO/c1-4-11(5-2)8-14(16)12-7-6-10(3)13(15)9-12/h6-7,9,11H,4-5,8H2,1-3H3. The molecule has 0 amide bonds. The van der Waals surface area contributed by atoms with Crippen molar-refractivity contribution in [2.45, 2.75) is 40.0 Å². The molecule has 0 unspecified atom stereocenters. The van der Waals surface area contributed by atoms with Crippen molar-refractivity contribution in [2.24, 2.45) is 5.92 Å². The number of hydrogen-bond acceptors (Lipinski definition) is 1. The molecule has 0 fully saturated rings. The molecule has 0 bridgehead atoms. The Morgan fingerprint density at radius 3 is 2.44 bits per heavy atom. The molecule has 0 radical (unpaired) electrons. The van der Waals surface area contributed by atoms with E-state index in [4.69, 9.17) is 0 Å². The van der Waals surface area contributed by atoms with Gasteiger partial charge in [0.15, 0.2) is 5.78 Å². The highest BCUT2D eigenvalue weighted by atomic mass is 19.1. The van der Waals surface area contributed by atoms with Gasteiger partial charge < -0.3 is 0 Å². The minimum Gasteiger partial charge on any atom is -0.294 e. The van der Waals surface area contributed by atoms with Gasteiger partial charge in [-0.2, -0.15) is 0 Å². The molecule has 0 aliphatic carbocycles. The fourth-order valence-corrected chi connectivity index (χ4v) is 1.72. The van der Waals surface area contributed by atoms with E-state index in [1.54, 1.807) is 19.1 Å². The van der Waals surface area contributed by atoms with Crippen LogP contribution in [0.2, 0.25) is 0 Å². The summed E-state index contributed by atoms with van der Waals surface area (Å²) in [5, 5.41) is 0. The average Bonchev–Trinajstić information content (AvgIpc) is 2.29. The molecule has 0 spiro atoms. The predicted octanol–water partition coefficient (Wildman–Crippen LogP) is 4.14. The van der Waals surface area contributed by atoms with E-state index < -0.39 is 0 Å². The zero-order chi connectivity index (χ0) is 12.1. The van der Waals surface area contributed by atoms with Crippen LogP contribution < -0.4 is 0 Å². The Bertz CT molecular complexity index is 367. The van der Waals surface area contributed by atoms with Crippen LogP contribution in [0.25, 0.3) is 0 Å². The molecule has 1 aromatic rings. The third-order valence-electron chi connectivity index (χ3n) is 3.12. The van der Waals surface area contributed by atoms with Crippen molar-refractivity contribution < 1.29 is 9.18 Å². The number of Topliss-reactive ketones (excluding diaryl/α,β-unsaturated/α-hetero) is 1. The van der Waals surface area contributed by atoms with Crippen LogP contribution in [0.15, 0.2) is 18.2 Å².